The van der Waals surface area contributed by atoms with Crippen LogP contribution in [0.15, 0.2) is 54.9 Å². The zero-order valence-electron chi connectivity index (χ0n) is 14.9. The van der Waals surface area contributed by atoms with Crippen LogP contribution in [0, 0.1) is 11.3 Å². The number of benzene rings is 1. The Morgan fingerprint density at radius 3 is 2.96 bits per heavy atom. The van der Waals surface area contributed by atoms with E-state index < -0.39 is 0 Å². The summed E-state index contributed by atoms with van der Waals surface area (Å²) in [5.41, 5.74) is 4.90. The zero-order chi connectivity index (χ0) is 17.4. The quantitative estimate of drug-likeness (QED) is 0.824. The van der Waals surface area contributed by atoms with Crippen molar-refractivity contribution >= 4 is 6.08 Å². The third kappa shape index (κ3) is 2.67. The lowest BCUT2D eigenvalue weighted by Gasteiger charge is -2.48. The van der Waals surface area contributed by atoms with Crippen LogP contribution in [0.1, 0.15) is 38.3 Å². The average Bonchev–Trinajstić information content (AvgIpc) is 3.01. The summed E-state index contributed by atoms with van der Waals surface area (Å²) in [6.45, 7) is 7.02. The molecule has 3 heteroatoms. The summed E-state index contributed by atoms with van der Waals surface area (Å²) in [5.74, 6) is 0.279. The molecule has 2 aliphatic rings. The van der Waals surface area contributed by atoms with E-state index in [1.54, 1.807) is 0 Å². The minimum Gasteiger partial charge on any atom is -0.392 e. The van der Waals surface area contributed by atoms with E-state index in [0.29, 0.717) is 6.42 Å². The highest BCUT2D eigenvalue weighted by Crippen LogP contribution is 2.51. The van der Waals surface area contributed by atoms with E-state index in [0.717, 1.165) is 37.1 Å². The maximum Gasteiger partial charge on any atom is 0.0958 e. The first kappa shape index (κ1) is 16.3. The summed E-state index contributed by atoms with van der Waals surface area (Å²) in [7, 11) is 0. The number of rotatable bonds is 4. The van der Waals surface area contributed by atoms with Crippen molar-refractivity contribution in [2.75, 3.05) is 0 Å². The van der Waals surface area contributed by atoms with E-state index >= 15 is 0 Å². The van der Waals surface area contributed by atoms with Gasteiger partial charge >= 0.3 is 0 Å². The van der Waals surface area contributed by atoms with Crippen molar-refractivity contribution < 1.29 is 5.11 Å². The molecule has 1 saturated carbocycles. The largest absolute Gasteiger partial charge is 0.392 e. The first-order valence-electron chi connectivity index (χ1n) is 9.24. The maximum absolute atomic E-state index is 10.7. The zero-order valence-corrected chi connectivity index (χ0v) is 14.9. The first-order chi connectivity index (χ1) is 12.1. The topological polar surface area (TPSA) is 38.1 Å². The Kier molecular flexibility index (Phi) is 4.12. The number of nitrogens with zero attached hydrogens (tertiary/aromatic N) is 2. The lowest BCUT2D eigenvalue weighted by atomic mass is 9.61. The molecular formula is C22H26N2O. The van der Waals surface area contributed by atoms with Crippen LogP contribution in [-0.4, -0.2) is 20.8 Å². The van der Waals surface area contributed by atoms with Gasteiger partial charge in [0.15, 0.2) is 0 Å². The fourth-order valence-electron chi connectivity index (χ4n) is 4.77. The first-order valence-corrected chi connectivity index (χ1v) is 9.24. The van der Waals surface area contributed by atoms with Gasteiger partial charge in [-0.05, 0) is 37.7 Å². The molecule has 0 bridgehead atoms. The van der Waals surface area contributed by atoms with Crippen molar-refractivity contribution in [1.29, 1.82) is 0 Å². The van der Waals surface area contributed by atoms with E-state index in [1.807, 2.05) is 18.5 Å². The van der Waals surface area contributed by atoms with Crippen molar-refractivity contribution in [2.24, 2.45) is 11.3 Å². The number of aromatic nitrogens is 2. The SMILES string of the molecule is C=CC[C@@H](O)[C@H]1CCCC2=Cc3c(-c4ccccc4)ncn3C[C@@]21C. The van der Waals surface area contributed by atoms with Gasteiger partial charge in [-0.15, -0.1) is 6.58 Å². The van der Waals surface area contributed by atoms with Crippen LogP contribution in [0.5, 0.6) is 0 Å². The number of fused-ring (bicyclic) bond motifs is 2. The maximum atomic E-state index is 10.7. The van der Waals surface area contributed by atoms with Crippen molar-refractivity contribution in [3.05, 3.63) is 60.6 Å². The van der Waals surface area contributed by atoms with Gasteiger partial charge in [0.05, 0.1) is 23.8 Å². The van der Waals surface area contributed by atoms with E-state index in [1.165, 1.54) is 11.3 Å². The molecule has 0 radical (unpaired) electrons. The van der Waals surface area contributed by atoms with Gasteiger partial charge in [-0.25, -0.2) is 4.98 Å². The molecule has 1 N–H and O–H groups in total. The Hall–Kier alpha value is -2.13. The van der Waals surface area contributed by atoms with Crippen LogP contribution >= 0.6 is 0 Å². The van der Waals surface area contributed by atoms with Crippen molar-refractivity contribution in [3.8, 4) is 11.3 Å². The normalized spacial score (nSPS) is 26.3. The number of aliphatic hydroxyl groups excluding tert-OH is 1. The molecule has 0 spiro atoms. The van der Waals surface area contributed by atoms with Gasteiger partial charge in [0.1, 0.15) is 0 Å². The lowest BCUT2D eigenvalue weighted by Crippen LogP contribution is -2.44. The minimum absolute atomic E-state index is 0.00232. The summed E-state index contributed by atoms with van der Waals surface area (Å²) in [5, 5.41) is 10.7. The predicted molar refractivity (Wildman–Crippen MR) is 102 cm³/mol. The molecular weight excluding hydrogens is 308 g/mol. The molecule has 1 aromatic heterocycles. The molecule has 130 valence electrons. The van der Waals surface area contributed by atoms with Crippen LogP contribution in [0.3, 0.4) is 0 Å². The molecule has 2 aromatic rings. The van der Waals surface area contributed by atoms with Gasteiger partial charge < -0.3 is 9.67 Å². The molecule has 1 fully saturated rings. The second-order valence-corrected chi connectivity index (χ2v) is 7.65. The van der Waals surface area contributed by atoms with Gasteiger partial charge in [-0.2, -0.15) is 0 Å². The van der Waals surface area contributed by atoms with Crippen LogP contribution in [-0.2, 0) is 6.54 Å². The molecule has 1 aliphatic heterocycles. The van der Waals surface area contributed by atoms with E-state index in [-0.39, 0.29) is 17.4 Å². The standard InChI is InChI=1S/C22H26N2O/c1-3-8-20(25)18-12-7-11-17-13-19-21(16-9-5-4-6-10-16)23-15-24(19)14-22(17,18)2/h3-6,9-10,13,15,18,20,25H,1,7-8,11-12,14H2,2H3/t18-,20-,22+/m1/s1. The summed E-state index contributed by atoms with van der Waals surface area (Å²) in [6, 6.07) is 10.4. The Morgan fingerprint density at radius 2 is 2.20 bits per heavy atom. The van der Waals surface area contributed by atoms with Crippen molar-refractivity contribution in [2.45, 2.75) is 45.3 Å². The molecule has 2 heterocycles. The number of imidazole rings is 1. The molecule has 25 heavy (non-hydrogen) atoms. The summed E-state index contributed by atoms with van der Waals surface area (Å²) < 4.78 is 2.27. The third-order valence-corrected chi connectivity index (χ3v) is 6.12. The Balaban J connectivity index is 1.74. The van der Waals surface area contributed by atoms with Crippen molar-refractivity contribution in [1.82, 2.24) is 9.55 Å². The smallest absolute Gasteiger partial charge is 0.0958 e. The Morgan fingerprint density at radius 1 is 1.40 bits per heavy atom. The predicted octanol–water partition coefficient (Wildman–Crippen LogP) is 4.69. The highest BCUT2D eigenvalue weighted by atomic mass is 16.3. The Bertz CT molecular complexity index is 805. The van der Waals surface area contributed by atoms with Gasteiger partial charge in [-0.1, -0.05) is 48.9 Å². The number of hydrogen-bond acceptors (Lipinski definition) is 2. The fraction of sp³-hybridized carbons (Fsp3) is 0.409. The fourth-order valence-corrected chi connectivity index (χ4v) is 4.77. The van der Waals surface area contributed by atoms with Gasteiger partial charge in [-0.3, -0.25) is 0 Å². The summed E-state index contributed by atoms with van der Waals surface area (Å²) >= 11 is 0. The van der Waals surface area contributed by atoms with Crippen LogP contribution in [0.25, 0.3) is 17.3 Å². The lowest BCUT2D eigenvalue weighted by molar-refractivity contribution is 0.0158. The van der Waals surface area contributed by atoms with Crippen LogP contribution in [0.4, 0.5) is 0 Å². The number of allylic oxidation sites excluding steroid dienone is 1. The van der Waals surface area contributed by atoms with Crippen molar-refractivity contribution in [3.63, 3.8) is 0 Å². The average molecular weight is 334 g/mol. The highest BCUT2D eigenvalue weighted by Gasteiger charge is 2.45. The molecule has 0 amide bonds. The molecule has 4 rings (SSSR count). The number of aliphatic hydroxyl groups is 1. The number of hydrogen-bond donors (Lipinski definition) is 1. The van der Waals surface area contributed by atoms with Gasteiger partial charge in [0, 0.05) is 17.5 Å². The third-order valence-electron chi connectivity index (χ3n) is 6.12. The van der Waals surface area contributed by atoms with E-state index in [2.05, 4.69) is 48.4 Å². The molecule has 1 aliphatic carbocycles. The monoisotopic (exact) mass is 334 g/mol. The highest BCUT2D eigenvalue weighted by molar-refractivity contribution is 5.72. The van der Waals surface area contributed by atoms with Gasteiger partial charge in [0.25, 0.3) is 0 Å². The van der Waals surface area contributed by atoms with E-state index in [4.69, 9.17) is 4.98 Å². The molecule has 3 nitrogen and oxygen atoms in total. The molecule has 3 atom stereocenters. The van der Waals surface area contributed by atoms with E-state index in [9.17, 15) is 5.11 Å². The van der Waals surface area contributed by atoms with Crippen LogP contribution in [0.2, 0.25) is 0 Å². The molecule has 1 aromatic carbocycles. The summed E-state index contributed by atoms with van der Waals surface area (Å²) in [6.07, 6.45) is 9.84. The second kappa shape index (κ2) is 6.30. The minimum atomic E-state index is -0.315. The molecule has 0 unspecified atom stereocenters. The van der Waals surface area contributed by atoms with Gasteiger partial charge in [0.2, 0.25) is 0 Å². The van der Waals surface area contributed by atoms with Crippen LogP contribution < -0.4 is 0 Å². The second-order valence-electron chi connectivity index (χ2n) is 7.65. The molecule has 0 saturated heterocycles. The Labute approximate surface area is 149 Å². The summed E-state index contributed by atoms with van der Waals surface area (Å²) in [4.78, 5) is 4.70.